The summed E-state index contributed by atoms with van der Waals surface area (Å²) in [4.78, 5) is 14.3. The van der Waals surface area contributed by atoms with Gasteiger partial charge in [-0.1, -0.05) is 0 Å². The highest BCUT2D eigenvalue weighted by Crippen LogP contribution is 2.26. The predicted octanol–water partition coefficient (Wildman–Crippen LogP) is 3.34. The lowest BCUT2D eigenvalue weighted by Crippen LogP contribution is -2.42. The molecular formula is C21H20FN3O3. The van der Waals surface area contributed by atoms with Gasteiger partial charge in [-0.15, -0.1) is 0 Å². The zero-order valence-electron chi connectivity index (χ0n) is 15.3. The largest absolute Gasteiger partial charge is 0.457 e. The van der Waals surface area contributed by atoms with Crippen LogP contribution in [0.5, 0.6) is 11.5 Å². The fourth-order valence-electron chi connectivity index (χ4n) is 3.08. The highest BCUT2D eigenvalue weighted by atomic mass is 19.1. The smallest absolute Gasteiger partial charge is 0.244 e. The summed E-state index contributed by atoms with van der Waals surface area (Å²) in [6.07, 6.45) is 1.69. The number of amides is 1. The van der Waals surface area contributed by atoms with Crippen LogP contribution in [0.4, 0.5) is 4.39 Å². The van der Waals surface area contributed by atoms with Crippen LogP contribution in [0.3, 0.4) is 0 Å². The Bertz CT molecular complexity index is 932. The van der Waals surface area contributed by atoms with Crippen molar-refractivity contribution >= 4 is 5.91 Å². The first-order valence-electron chi connectivity index (χ1n) is 9.10. The molecule has 1 aliphatic rings. The first-order chi connectivity index (χ1) is 13.7. The van der Waals surface area contributed by atoms with Crippen LogP contribution in [0, 0.1) is 5.82 Å². The SMILES string of the molecule is O=C(Cn1nccc1-c1ccc(Oc2ccc(F)cc2)cc1)N1CCOCC1. The molecule has 0 N–H and O–H groups in total. The second-order valence-corrected chi connectivity index (χ2v) is 6.45. The van der Waals surface area contributed by atoms with Crippen LogP contribution in [0.25, 0.3) is 11.3 Å². The van der Waals surface area contributed by atoms with E-state index in [-0.39, 0.29) is 18.3 Å². The van der Waals surface area contributed by atoms with Gasteiger partial charge in [-0.3, -0.25) is 9.48 Å². The molecule has 4 rings (SSSR count). The Balaban J connectivity index is 1.45. The zero-order valence-corrected chi connectivity index (χ0v) is 15.3. The molecule has 1 saturated heterocycles. The van der Waals surface area contributed by atoms with E-state index in [0.29, 0.717) is 37.8 Å². The molecule has 7 heteroatoms. The molecule has 2 aromatic carbocycles. The quantitative estimate of drug-likeness (QED) is 0.680. The van der Waals surface area contributed by atoms with E-state index in [1.54, 1.807) is 27.9 Å². The summed E-state index contributed by atoms with van der Waals surface area (Å²) >= 11 is 0. The third-order valence-electron chi connectivity index (χ3n) is 4.56. The summed E-state index contributed by atoms with van der Waals surface area (Å²) in [7, 11) is 0. The Morgan fingerprint density at radius 2 is 1.64 bits per heavy atom. The Morgan fingerprint density at radius 1 is 1.00 bits per heavy atom. The van der Waals surface area contributed by atoms with Crippen molar-refractivity contribution in [3.05, 3.63) is 66.6 Å². The molecule has 0 radical (unpaired) electrons. The highest BCUT2D eigenvalue weighted by Gasteiger charge is 2.18. The normalized spacial score (nSPS) is 14.1. The van der Waals surface area contributed by atoms with Crippen LogP contribution in [0.2, 0.25) is 0 Å². The van der Waals surface area contributed by atoms with E-state index >= 15 is 0 Å². The van der Waals surface area contributed by atoms with Crippen LogP contribution in [0.1, 0.15) is 0 Å². The molecular weight excluding hydrogens is 361 g/mol. The number of rotatable bonds is 5. The van der Waals surface area contributed by atoms with Crippen molar-refractivity contribution in [1.82, 2.24) is 14.7 Å². The summed E-state index contributed by atoms with van der Waals surface area (Å²) in [6, 6.07) is 15.2. The van der Waals surface area contributed by atoms with Crippen molar-refractivity contribution in [1.29, 1.82) is 0 Å². The van der Waals surface area contributed by atoms with Crippen LogP contribution < -0.4 is 4.74 Å². The van der Waals surface area contributed by atoms with Crippen LogP contribution in [0.15, 0.2) is 60.8 Å². The van der Waals surface area contributed by atoms with E-state index in [0.717, 1.165) is 11.3 Å². The fourth-order valence-corrected chi connectivity index (χ4v) is 3.08. The third-order valence-corrected chi connectivity index (χ3v) is 4.56. The number of aromatic nitrogens is 2. The lowest BCUT2D eigenvalue weighted by molar-refractivity contribution is -0.136. The average Bonchev–Trinajstić information content (AvgIpc) is 3.19. The van der Waals surface area contributed by atoms with Crippen molar-refractivity contribution in [2.75, 3.05) is 26.3 Å². The maximum atomic E-state index is 13.0. The number of hydrogen-bond acceptors (Lipinski definition) is 4. The number of benzene rings is 2. The Morgan fingerprint density at radius 3 is 2.32 bits per heavy atom. The van der Waals surface area contributed by atoms with E-state index in [1.165, 1.54) is 12.1 Å². The van der Waals surface area contributed by atoms with Gasteiger partial charge in [0.2, 0.25) is 5.91 Å². The van der Waals surface area contributed by atoms with Gasteiger partial charge in [0, 0.05) is 24.8 Å². The third kappa shape index (κ3) is 4.20. The minimum absolute atomic E-state index is 0.0320. The molecule has 6 nitrogen and oxygen atoms in total. The van der Waals surface area contributed by atoms with Crippen molar-refractivity contribution < 1.29 is 18.7 Å². The van der Waals surface area contributed by atoms with Gasteiger partial charge in [-0.25, -0.2) is 4.39 Å². The van der Waals surface area contributed by atoms with Crippen LogP contribution in [-0.4, -0.2) is 46.9 Å². The maximum absolute atomic E-state index is 13.0. The molecule has 144 valence electrons. The second kappa shape index (κ2) is 8.22. The minimum Gasteiger partial charge on any atom is -0.457 e. The molecule has 2 heterocycles. The molecule has 3 aromatic rings. The molecule has 0 aliphatic carbocycles. The number of carbonyl (C=O) groups is 1. The summed E-state index contributed by atoms with van der Waals surface area (Å²) in [5.41, 5.74) is 1.79. The summed E-state index contributed by atoms with van der Waals surface area (Å²) < 4.78 is 25.7. The topological polar surface area (TPSA) is 56.6 Å². The van der Waals surface area contributed by atoms with Gasteiger partial charge in [-0.2, -0.15) is 5.10 Å². The molecule has 0 bridgehead atoms. The Labute approximate surface area is 162 Å². The number of ether oxygens (including phenoxy) is 2. The minimum atomic E-state index is -0.303. The molecule has 28 heavy (non-hydrogen) atoms. The predicted molar refractivity (Wildman–Crippen MR) is 102 cm³/mol. The molecule has 0 saturated carbocycles. The molecule has 1 amide bonds. The molecule has 0 spiro atoms. The number of carbonyl (C=O) groups excluding carboxylic acids is 1. The van der Waals surface area contributed by atoms with Gasteiger partial charge in [-0.05, 0) is 54.6 Å². The lowest BCUT2D eigenvalue weighted by Gasteiger charge is -2.27. The maximum Gasteiger partial charge on any atom is 0.244 e. The monoisotopic (exact) mass is 381 g/mol. The standard InChI is InChI=1S/C21H20FN3O3/c22-17-3-7-19(8-4-17)28-18-5-1-16(2-6-18)20-9-10-23-25(20)15-21(26)24-11-13-27-14-12-24/h1-10H,11-15H2. The van der Waals surface area contributed by atoms with Crippen molar-refractivity contribution in [2.45, 2.75) is 6.54 Å². The summed E-state index contributed by atoms with van der Waals surface area (Å²) in [6.45, 7) is 2.58. The van der Waals surface area contributed by atoms with E-state index in [1.807, 2.05) is 30.3 Å². The molecule has 0 atom stereocenters. The molecule has 0 unspecified atom stereocenters. The zero-order chi connectivity index (χ0) is 19.3. The molecule has 1 aromatic heterocycles. The van der Waals surface area contributed by atoms with Gasteiger partial charge in [0.15, 0.2) is 0 Å². The molecule has 1 aliphatic heterocycles. The van der Waals surface area contributed by atoms with Gasteiger partial charge in [0.05, 0.1) is 18.9 Å². The van der Waals surface area contributed by atoms with Crippen molar-refractivity contribution in [3.8, 4) is 22.8 Å². The first-order valence-corrected chi connectivity index (χ1v) is 9.10. The van der Waals surface area contributed by atoms with E-state index < -0.39 is 0 Å². The van der Waals surface area contributed by atoms with Crippen LogP contribution in [-0.2, 0) is 16.1 Å². The lowest BCUT2D eigenvalue weighted by atomic mass is 10.1. The number of morpholine rings is 1. The second-order valence-electron chi connectivity index (χ2n) is 6.45. The Kier molecular flexibility index (Phi) is 5.34. The van der Waals surface area contributed by atoms with Gasteiger partial charge >= 0.3 is 0 Å². The first kappa shape index (κ1) is 18.2. The highest BCUT2D eigenvalue weighted by molar-refractivity contribution is 5.77. The fraction of sp³-hybridized carbons (Fsp3) is 0.238. The number of nitrogens with zero attached hydrogens (tertiary/aromatic N) is 3. The van der Waals surface area contributed by atoms with E-state index in [4.69, 9.17) is 9.47 Å². The van der Waals surface area contributed by atoms with Crippen molar-refractivity contribution in [3.63, 3.8) is 0 Å². The number of hydrogen-bond donors (Lipinski definition) is 0. The summed E-state index contributed by atoms with van der Waals surface area (Å²) in [5, 5.41) is 4.30. The Hall–Kier alpha value is -3.19. The molecule has 1 fully saturated rings. The van der Waals surface area contributed by atoms with Crippen molar-refractivity contribution in [2.24, 2.45) is 0 Å². The van der Waals surface area contributed by atoms with E-state index in [9.17, 15) is 9.18 Å². The van der Waals surface area contributed by atoms with Gasteiger partial charge < -0.3 is 14.4 Å². The van der Waals surface area contributed by atoms with Gasteiger partial charge in [0.1, 0.15) is 23.9 Å². The summed E-state index contributed by atoms with van der Waals surface area (Å²) in [5.74, 6) is 0.938. The average molecular weight is 381 g/mol. The number of halogens is 1. The van der Waals surface area contributed by atoms with Crippen LogP contribution >= 0.6 is 0 Å². The van der Waals surface area contributed by atoms with E-state index in [2.05, 4.69) is 5.10 Å². The van der Waals surface area contributed by atoms with Gasteiger partial charge in [0.25, 0.3) is 0 Å².